The first kappa shape index (κ1) is 32.4. The number of halogens is 1. The number of allylic oxidation sites excluding steroid dienone is 4. The molecule has 0 aliphatic heterocycles. The molecule has 4 aliphatic carbocycles. The van der Waals surface area contributed by atoms with Crippen molar-refractivity contribution >= 4 is 23.4 Å². The fraction of sp³-hybridized carbons (Fsp3) is 0.548. The van der Waals surface area contributed by atoms with Crippen LogP contribution in [0.3, 0.4) is 0 Å². The van der Waals surface area contributed by atoms with E-state index in [2.05, 4.69) is 10.2 Å². The fourth-order valence-corrected chi connectivity index (χ4v) is 8.27. The molecule has 5 rings (SSSR count). The molecule has 0 heterocycles. The number of ether oxygens (including phenoxy) is 1. The highest BCUT2D eigenvalue weighted by Crippen LogP contribution is 2.69. The zero-order valence-corrected chi connectivity index (χ0v) is 24.7. The van der Waals surface area contributed by atoms with Crippen LogP contribution < -0.4 is 5.32 Å². The molecular formula is C31H35FN2O11. The van der Waals surface area contributed by atoms with Crippen LogP contribution in [-0.2, 0) is 30.6 Å². The number of carbonyl (C=O) groups excluding carboxylic acids is 4. The largest absolute Gasteiger partial charge is 0.456 e. The lowest BCUT2D eigenvalue weighted by atomic mass is 9.44. The molecule has 242 valence electrons. The van der Waals surface area contributed by atoms with Crippen LogP contribution in [-0.4, -0.2) is 80.5 Å². The van der Waals surface area contributed by atoms with E-state index in [9.17, 15) is 44.6 Å². The highest BCUT2D eigenvalue weighted by Gasteiger charge is 2.76. The molecule has 45 heavy (non-hydrogen) atoms. The molecule has 4 N–H and O–H groups in total. The van der Waals surface area contributed by atoms with Gasteiger partial charge in [0.05, 0.1) is 12.2 Å². The lowest BCUT2D eigenvalue weighted by molar-refractivity contribution is -0.763. The predicted molar refractivity (Wildman–Crippen MR) is 151 cm³/mol. The first-order chi connectivity index (χ1) is 21.1. The summed E-state index contributed by atoms with van der Waals surface area (Å²) >= 11 is 0. The number of nitrogens with one attached hydrogen (secondary N) is 1. The Labute approximate surface area is 257 Å². The van der Waals surface area contributed by atoms with Crippen molar-refractivity contribution in [3.8, 4) is 0 Å². The number of fused-ring (bicyclic) bond motifs is 5. The molecule has 1 aromatic rings. The van der Waals surface area contributed by atoms with Crippen LogP contribution in [0.1, 0.15) is 55.5 Å². The fourth-order valence-electron chi connectivity index (χ4n) is 8.27. The third-order valence-corrected chi connectivity index (χ3v) is 10.6. The zero-order chi connectivity index (χ0) is 32.9. The normalized spacial score (nSPS) is 36.6. The molecule has 0 aromatic heterocycles. The first-order valence-corrected chi connectivity index (χ1v) is 14.6. The van der Waals surface area contributed by atoms with Gasteiger partial charge in [0.25, 0.3) is 11.0 Å². The minimum absolute atomic E-state index is 0.0138. The van der Waals surface area contributed by atoms with Crippen LogP contribution in [0, 0.1) is 32.8 Å². The van der Waals surface area contributed by atoms with Gasteiger partial charge >= 0.3 is 5.97 Å². The van der Waals surface area contributed by atoms with E-state index in [0.717, 1.165) is 0 Å². The number of nitrogens with zero attached hydrogens (tertiary/aromatic N) is 1. The number of alkyl halides is 1. The molecule has 2 unspecified atom stereocenters. The number of aliphatic hydroxyl groups is 3. The van der Waals surface area contributed by atoms with Gasteiger partial charge in [-0.1, -0.05) is 36.8 Å². The van der Waals surface area contributed by atoms with E-state index in [1.807, 2.05) is 0 Å². The van der Waals surface area contributed by atoms with Gasteiger partial charge in [-0.3, -0.25) is 19.2 Å². The summed E-state index contributed by atoms with van der Waals surface area (Å²) in [4.78, 5) is 65.4. The summed E-state index contributed by atoms with van der Waals surface area (Å²) in [6.07, 6.45) is 0.920. The standard InChI is InChI=1S/C31H35FN2O11/c1-28-10-9-19(35)11-18(28)7-8-21-22-12-23(36)31(41,29(22,2)13-24(37)30(21,28)32)25(38)16-44-26(39)14-33-27(40)20-6-4-3-5-17(20)15-45-34(42)43/h3-6,9-11,21-24,36-37,41H,7-8,12-16H2,1-2H3,(H,33,40)/t21?,22?,23-,24+,28+,29+,30+,31+/m1/s1. The summed E-state index contributed by atoms with van der Waals surface area (Å²) in [5, 5.41) is 46.0. The molecule has 0 saturated heterocycles. The zero-order valence-electron chi connectivity index (χ0n) is 24.7. The Morgan fingerprint density at radius 2 is 1.87 bits per heavy atom. The number of hydrogen-bond acceptors (Lipinski definition) is 11. The predicted octanol–water partition coefficient (Wildman–Crippen LogP) is 1.31. The second-order valence-corrected chi connectivity index (χ2v) is 12.7. The molecule has 1 aromatic carbocycles. The Morgan fingerprint density at radius 3 is 2.58 bits per heavy atom. The number of benzene rings is 1. The maximum atomic E-state index is 17.2. The highest BCUT2D eigenvalue weighted by atomic mass is 19.1. The number of Topliss-reactive ketones (excluding diaryl/α,β-unsaturated/α-hetero) is 1. The van der Waals surface area contributed by atoms with E-state index in [4.69, 9.17) is 4.74 Å². The average Bonchev–Trinajstić information content (AvgIpc) is 3.20. The molecule has 14 heteroatoms. The Kier molecular flexibility index (Phi) is 8.21. The molecule has 8 atom stereocenters. The molecule has 0 radical (unpaired) electrons. The summed E-state index contributed by atoms with van der Waals surface area (Å²) in [5.41, 5.74) is -6.71. The summed E-state index contributed by atoms with van der Waals surface area (Å²) in [5.74, 6) is -4.70. The number of amides is 1. The van der Waals surface area contributed by atoms with Gasteiger partial charge in [-0.2, -0.15) is 0 Å². The second kappa shape index (κ2) is 11.4. The van der Waals surface area contributed by atoms with Gasteiger partial charge in [0, 0.05) is 22.3 Å². The summed E-state index contributed by atoms with van der Waals surface area (Å²) < 4.78 is 22.3. The maximum Gasteiger partial charge on any atom is 0.325 e. The SMILES string of the molecule is C[C@]12C=CC(=O)C=C1CCC1C3C[C@@H](O)[C@](O)(C(=O)COC(=O)CNC(=O)c4ccccc4CO[N+](=O)[O-])[C@@]3(C)C[C@H](O)[C@@]12F. The molecule has 3 fully saturated rings. The third-order valence-electron chi connectivity index (χ3n) is 10.6. The smallest absolute Gasteiger partial charge is 0.325 e. The number of ketones is 2. The molecule has 1 amide bonds. The van der Waals surface area contributed by atoms with Gasteiger partial charge in [-0.25, -0.2) is 4.39 Å². The van der Waals surface area contributed by atoms with Crippen LogP contribution in [0.2, 0.25) is 0 Å². The van der Waals surface area contributed by atoms with Gasteiger partial charge in [-0.05, 0) is 62.3 Å². The molecule has 0 spiro atoms. The quantitative estimate of drug-likeness (QED) is 0.174. The Bertz CT molecular complexity index is 1510. The molecule has 0 bridgehead atoms. The van der Waals surface area contributed by atoms with Gasteiger partial charge in [0.1, 0.15) is 13.2 Å². The van der Waals surface area contributed by atoms with Gasteiger partial charge < -0.3 is 30.2 Å². The molecule has 13 nitrogen and oxygen atoms in total. The van der Waals surface area contributed by atoms with Crippen LogP contribution >= 0.6 is 0 Å². The number of esters is 1. The summed E-state index contributed by atoms with van der Waals surface area (Å²) in [6.45, 7) is 0.995. The van der Waals surface area contributed by atoms with Crippen molar-refractivity contribution < 1.29 is 53.5 Å². The van der Waals surface area contributed by atoms with Gasteiger partial charge in [0.15, 0.2) is 23.7 Å². The lowest BCUT2D eigenvalue weighted by Crippen LogP contribution is -2.69. The van der Waals surface area contributed by atoms with Gasteiger partial charge in [0.2, 0.25) is 5.78 Å². The lowest BCUT2D eigenvalue weighted by Gasteiger charge is -2.62. The van der Waals surface area contributed by atoms with Gasteiger partial charge in [-0.15, -0.1) is 10.1 Å². The maximum absolute atomic E-state index is 17.2. The number of aliphatic hydroxyl groups excluding tert-OH is 2. The minimum atomic E-state index is -2.48. The van der Waals surface area contributed by atoms with Crippen molar-refractivity contribution in [1.29, 1.82) is 0 Å². The van der Waals surface area contributed by atoms with E-state index in [1.54, 1.807) is 13.0 Å². The van der Waals surface area contributed by atoms with Crippen molar-refractivity contribution in [3.63, 3.8) is 0 Å². The number of rotatable bonds is 9. The van der Waals surface area contributed by atoms with Crippen LogP contribution in [0.4, 0.5) is 4.39 Å². The van der Waals surface area contributed by atoms with Crippen molar-refractivity contribution in [2.45, 2.75) is 69.6 Å². The Morgan fingerprint density at radius 1 is 1.16 bits per heavy atom. The molecular weight excluding hydrogens is 595 g/mol. The topological polar surface area (TPSA) is 203 Å². The third kappa shape index (κ3) is 4.95. The van der Waals surface area contributed by atoms with Crippen LogP contribution in [0.15, 0.2) is 48.1 Å². The molecule has 4 aliphatic rings. The van der Waals surface area contributed by atoms with E-state index < -0.39 is 88.6 Å². The van der Waals surface area contributed by atoms with Crippen molar-refractivity contribution in [3.05, 3.63) is 69.3 Å². The van der Waals surface area contributed by atoms with E-state index in [0.29, 0.717) is 12.0 Å². The van der Waals surface area contributed by atoms with E-state index in [-0.39, 0.29) is 36.2 Å². The minimum Gasteiger partial charge on any atom is -0.456 e. The summed E-state index contributed by atoms with van der Waals surface area (Å²) in [6, 6.07) is 5.85. The van der Waals surface area contributed by atoms with Crippen molar-refractivity contribution in [2.24, 2.45) is 22.7 Å². The Hall–Kier alpha value is -4.01. The van der Waals surface area contributed by atoms with Crippen LogP contribution in [0.25, 0.3) is 0 Å². The van der Waals surface area contributed by atoms with Crippen LogP contribution in [0.5, 0.6) is 0 Å². The Balaban J connectivity index is 1.26. The van der Waals surface area contributed by atoms with Crippen molar-refractivity contribution in [2.75, 3.05) is 13.2 Å². The average molecular weight is 631 g/mol. The number of hydrogen-bond donors (Lipinski definition) is 4. The highest BCUT2D eigenvalue weighted by molar-refractivity contribution is 6.01. The number of carbonyl (C=O) groups is 4. The second-order valence-electron chi connectivity index (χ2n) is 12.7. The summed E-state index contributed by atoms with van der Waals surface area (Å²) in [7, 11) is 0. The molecule has 3 saturated carbocycles. The van der Waals surface area contributed by atoms with E-state index in [1.165, 1.54) is 43.4 Å². The van der Waals surface area contributed by atoms with Crippen molar-refractivity contribution in [1.82, 2.24) is 5.32 Å². The monoisotopic (exact) mass is 630 g/mol. The first-order valence-electron chi connectivity index (χ1n) is 14.6. The van der Waals surface area contributed by atoms with E-state index >= 15 is 4.39 Å².